The molecule has 0 aliphatic rings. The van der Waals surface area contributed by atoms with Gasteiger partial charge in [0.15, 0.2) is 11.5 Å². The molecule has 0 heterocycles. The fourth-order valence-electron chi connectivity index (χ4n) is 1.80. The van der Waals surface area contributed by atoms with Gasteiger partial charge in [0.1, 0.15) is 6.61 Å². The van der Waals surface area contributed by atoms with E-state index in [1.165, 1.54) is 25.5 Å². The van der Waals surface area contributed by atoms with Gasteiger partial charge in [-0.25, -0.2) is 0 Å². The van der Waals surface area contributed by atoms with Crippen LogP contribution in [0.15, 0.2) is 41.6 Å². The van der Waals surface area contributed by atoms with E-state index >= 15 is 0 Å². The first-order chi connectivity index (χ1) is 11.5. The Labute approximate surface area is 147 Å². The van der Waals surface area contributed by atoms with Gasteiger partial charge in [-0.3, -0.25) is 0 Å². The smallest absolute Gasteiger partial charge is 0.387 e. The highest BCUT2D eigenvalue weighted by Crippen LogP contribution is 2.29. The zero-order valence-electron chi connectivity index (χ0n) is 12.5. The van der Waals surface area contributed by atoms with Crippen LogP contribution in [-0.2, 0) is 11.4 Å². The lowest BCUT2D eigenvalue weighted by Gasteiger charge is -2.09. The summed E-state index contributed by atoms with van der Waals surface area (Å²) in [5, 5.41) is 4.70. The molecular formula is C16H13Cl2F2NO3. The first-order valence-electron chi connectivity index (χ1n) is 6.71. The van der Waals surface area contributed by atoms with Gasteiger partial charge in [0.25, 0.3) is 0 Å². The van der Waals surface area contributed by atoms with Crippen LogP contribution in [0.2, 0.25) is 10.0 Å². The van der Waals surface area contributed by atoms with Crippen molar-refractivity contribution in [3.63, 3.8) is 0 Å². The normalized spacial score (nSPS) is 11.1. The molecule has 0 N–H and O–H groups in total. The van der Waals surface area contributed by atoms with E-state index in [-0.39, 0.29) is 18.1 Å². The Morgan fingerprint density at radius 2 is 1.88 bits per heavy atom. The number of ether oxygens (including phenoxy) is 2. The number of alkyl halides is 2. The summed E-state index contributed by atoms with van der Waals surface area (Å²) in [7, 11) is 1.36. The third-order valence-electron chi connectivity index (χ3n) is 2.90. The van der Waals surface area contributed by atoms with Gasteiger partial charge < -0.3 is 14.3 Å². The summed E-state index contributed by atoms with van der Waals surface area (Å²) in [6, 6.07) is 9.53. The molecule has 0 atom stereocenters. The SMILES string of the molecule is COc1cc(C=NOCc2ccc(Cl)c(Cl)c2)ccc1OC(F)F. The molecule has 0 amide bonds. The Morgan fingerprint density at radius 3 is 2.54 bits per heavy atom. The fraction of sp³-hybridized carbons (Fsp3) is 0.188. The largest absolute Gasteiger partial charge is 0.493 e. The number of nitrogens with zero attached hydrogens (tertiary/aromatic N) is 1. The number of methoxy groups -OCH3 is 1. The molecule has 0 radical (unpaired) electrons. The van der Waals surface area contributed by atoms with Gasteiger partial charge in [-0.1, -0.05) is 34.4 Å². The second-order valence-electron chi connectivity index (χ2n) is 4.55. The van der Waals surface area contributed by atoms with E-state index in [9.17, 15) is 8.78 Å². The Hall–Kier alpha value is -2.05. The van der Waals surface area contributed by atoms with Crippen LogP contribution in [0.25, 0.3) is 0 Å². The molecule has 0 bridgehead atoms. The highest BCUT2D eigenvalue weighted by molar-refractivity contribution is 6.42. The lowest BCUT2D eigenvalue weighted by Crippen LogP contribution is -2.03. The van der Waals surface area contributed by atoms with Crippen molar-refractivity contribution in [1.29, 1.82) is 0 Å². The van der Waals surface area contributed by atoms with Crippen molar-refractivity contribution in [2.45, 2.75) is 13.2 Å². The molecule has 0 saturated carbocycles. The summed E-state index contributed by atoms with van der Waals surface area (Å²) < 4.78 is 33.9. The molecule has 4 nitrogen and oxygen atoms in total. The zero-order valence-corrected chi connectivity index (χ0v) is 14.0. The minimum absolute atomic E-state index is 0.0543. The van der Waals surface area contributed by atoms with E-state index in [0.717, 1.165) is 5.56 Å². The van der Waals surface area contributed by atoms with E-state index in [2.05, 4.69) is 9.89 Å². The second kappa shape index (κ2) is 8.70. The fourth-order valence-corrected chi connectivity index (χ4v) is 2.12. The number of halogens is 4. The average molecular weight is 376 g/mol. The molecule has 0 aromatic heterocycles. The van der Waals surface area contributed by atoms with Crippen molar-refractivity contribution in [2.75, 3.05) is 7.11 Å². The van der Waals surface area contributed by atoms with E-state index in [1.54, 1.807) is 24.3 Å². The zero-order chi connectivity index (χ0) is 17.5. The van der Waals surface area contributed by atoms with Gasteiger partial charge in [-0.15, -0.1) is 0 Å². The van der Waals surface area contributed by atoms with Crippen LogP contribution in [0.1, 0.15) is 11.1 Å². The highest BCUT2D eigenvalue weighted by atomic mass is 35.5. The molecular weight excluding hydrogens is 363 g/mol. The monoisotopic (exact) mass is 375 g/mol. The number of benzene rings is 2. The van der Waals surface area contributed by atoms with Crippen molar-refractivity contribution in [3.05, 3.63) is 57.6 Å². The van der Waals surface area contributed by atoms with Gasteiger partial charge in [0.2, 0.25) is 0 Å². The predicted molar refractivity (Wildman–Crippen MR) is 88.5 cm³/mol. The Kier molecular flexibility index (Phi) is 6.63. The van der Waals surface area contributed by atoms with Crippen molar-refractivity contribution in [3.8, 4) is 11.5 Å². The third kappa shape index (κ3) is 5.25. The van der Waals surface area contributed by atoms with Gasteiger partial charge >= 0.3 is 6.61 Å². The lowest BCUT2D eigenvalue weighted by atomic mass is 10.2. The van der Waals surface area contributed by atoms with Crippen molar-refractivity contribution in [2.24, 2.45) is 5.16 Å². The number of hydrogen-bond acceptors (Lipinski definition) is 4. The summed E-state index contributed by atoms with van der Waals surface area (Å²) in [6.07, 6.45) is 1.42. The summed E-state index contributed by atoms with van der Waals surface area (Å²) in [4.78, 5) is 5.16. The molecule has 2 aromatic rings. The molecule has 0 aliphatic heterocycles. The highest BCUT2D eigenvalue weighted by Gasteiger charge is 2.10. The lowest BCUT2D eigenvalue weighted by molar-refractivity contribution is -0.0512. The molecule has 0 spiro atoms. The summed E-state index contributed by atoms with van der Waals surface area (Å²) >= 11 is 11.7. The summed E-state index contributed by atoms with van der Waals surface area (Å²) in [5.41, 5.74) is 1.41. The maximum Gasteiger partial charge on any atom is 0.387 e. The van der Waals surface area contributed by atoms with E-state index in [1.807, 2.05) is 0 Å². The summed E-state index contributed by atoms with van der Waals surface area (Å²) in [6.45, 7) is -2.72. The van der Waals surface area contributed by atoms with Gasteiger partial charge in [-0.2, -0.15) is 8.78 Å². The molecule has 128 valence electrons. The van der Waals surface area contributed by atoms with Crippen LogP contribution in [0.5, 0.6) is 11.5 Å². The van der Waals surface area contributed by atoms with Crippen molar-refractivity contribution < 1.29 is 23.1 Å². The first-order valence-corrected chi connectivity index (χ1v) is 7.47. The molecule has 2 aromatic carbocycles. The minimum Gasteiger partial charge on any atom is -0.493 e. The van der Waals surface area contributed by atoms with Gasteiger partial charge in [-0.05, 0) is 35.9 Å². The number of rotatable bonds is 7. The van der Waals surface area contributed by atoms with Gasteiger partial charge in [0, 0.05) is 5.56 Å². The maximum absolute atomic E-state index is 12.3. The molecule has 0 aliphatic carbocycles. The van der Waals surface area contributed by atoms with E-state index < -0.39 is 6.61 Å². The topological polar surface area (TPSA) is 40.0 Å². The first kappa shape index (κ1) is 18.3. The van der Waals surface area contributed by atoms with Crippen molar-refractivity contribution in [1.82, 2.24) is 0 Å². The van der Waals surface area contributed by atoms with Crippen LogP contribution < -0.4 is 9.47 Å². The standard InChI is InChI=1S/C16H13Cl2F2NO3/c1-22-15-7-10(3-5-14(15)24-16(19)20)8-21-23-9-11-2-4-12(17)13(18)6-11/h2-8,16H,9H2,1H3. The minimum atomic E-state index is -2.92. The molecule has 24 heavy (non-hydrogen) atoms. The average Bonchev–Trinajstić information content (AvgIpc) is 2.55. The molecule has 0 unspecified atom stereocenters. The molecule has 2 rings (SSSR count). The van der Waals surface area contributed by atoms with Crippen LogP contribution in [-0.4, -0.2) is 19.9 Å². The van der Waals surface area contributed by atoms with Crippen LogP contribution >= 0.6 is 23.2 Å². The Bertz CT molecular complexity index is 726. The van der Waals surface area contributed by atoms with E-state index in [0.29, 0.717) is 15.6 Å². The predicted octanol–water partition coefficient (Wildman–Crippen LogP) is 5.15. The van der Waals surface area contributed by atoms with Crippen molar-refractivity contribution >= 4 is 29.4 Å². The summed E-state index contributed by atoms with van der Waals surface area (Å²) in [5.74, 6) is 0.116. The van der Waals surface area contributed by atoms with Crippen LogP contribution in [0, 0.1) is 0 Å². The number of hydrogen-bond donors (Lipinski definition) is 0. The third-order valence-corrected chi connectivity index (χ3v) is 3.63. The quantitative estimate of drug-likeness (QED) is 0.495. The molecule has 8 heteroatoms. The second-order valence-corrected chi connectivity index (χ2v) is 5.36. The van der Waals surface area contributed by atoms with Gasteiger partial charge in [0.05, 0.1) is 23.4 Å². The molecule has 0 saturated heterocycles. The Morgan fingerprint density at radius 1 is 1.08 bits per heavy atom. The molecule has 0 fully saturated rings. The Balaban J connectivity index is 1.97. The maximum atomic E-state index is 12.3. The number of oxime groups is 1. The van der Waals surface area contributed by atoms with Crippen LogP contribution in [0.4, 0.5) is 8.78 Å². The van der Waals surface area contributed by atoms with Crippen LogP contribution in [0.3, 0.4) is 0 Å². The van der Waals surface area contributed by atoms with E-state index in [4.69, 9.17) is 32.8 Å².